The number of phenolic OH excluding ortho intramolecular Hbond substituents is 1. The molecule has 71 heavy (non-hydrogen) atoms. The Labute approximate surface area is 412 Å². The second-order valence-electron chi connectivity index (χ2n) is 14.7. The number of benzene rings is 5. The number of aryl methyl sites for hydroxylation is 1. The van der Waals surface area contributed by atoms with E-state index in [0.717, 1.165) is 23.5 Å². The molecule has 0 saturated heterocycles. The summed E-state index contributed by atoms with van der Waals surface area (Å²) in [5, 5.41) is 70.4. The van der Waals surface area contributed by atoms with Crippen molar-refractivity contribution in [2.45, 2.75) is 35.0 Å². The van der Waals surface area contributed by atoms with Crippen LogP contribution in [0, 0.1) is 25.2 Å². The van der Waals surface area contributed by atoms with Gasteiger partial charge in [-0.25, -0.2) is 15.2 Å². The zero-order chi connectivity index (χ0) is 51.2. The van der Waals surface area contributed by atoms with Crippen molar-refractivity contribution < 1.29 is 68.5 Å². The third-order valence-corrected chi connectivity index (χ3v) is 14.9. The molecule has 0 aliphatic carbocycles. The van der Waals surface area contributed by atoms with E-state index in [1.165, 1.54) is 41.7 Å². The highest BCUT2D eigenvalue weighted by Crippen LogP contribution is 2.48. The van der Waals surface area contributed by atoms with Crippen molar-refractivity contribution in [3.63, 3.8) is 0 Å². The lowest BCUT2D eigenvalue weighted by molar-refractivity contribution is -0.432. The molecule has 8 rings (SSSR count). The first kappa shape index (κ1) is 50.5. The number of fused-ring (bicyclic) bond motifs is 5. The number of aromatic hydroxyl groups is 2. The minimum atomic E-state index is -5.11. The Morgan fingerprint density at radius 3 is 2.25 bits per heavy atom. The number of halogens is 1. The van der Waals surface area contributed by atoms with E-state index in [1.54, 1.807) is 31.2 Å². The lowest BCUT2D eigenvalue weighted by Crippen LogP contribution is -2.08. The molecule has 0 saturated carbocycles. The maximum atomic E-state index is 12.8. The van der Waals surface area contributed by atoms with Gasteiger partial charge in [0.15, 0.2) is 17.1 Å². The molecule has 31 heteroatoms. The Hall–Kier alpha value is -6.86. The highest BCUT2D eigenvalue weighted by Gasteiger charge is 2.25. The summed E-state index contributed by atoms with van der Waals surface area (Å²) in [5.74, 6) is -1.99. The van der Waals surface area contributed by atoms with Crippen molar-refractivity contribution in [1.82, 2.24) is 14.4 Å². The van der Waals surface area contributed by atoms with E-state index in [0.29, 0.717) is 16.6 Å². The fraction of sp³-hybridized carbons (Fsp3) is 0.125. The third kappa shape index (κ3) is 10.5. The summed E-state index contributed by atoms with van der Waals surface area (Å²) >= 11 is 7.09. The fourth-order valence-electron chi connectivity index (χ4n) is 6.99. The molecule has 0 fully saturated rings. The maximum absolute atomic E-state index is 12.8. The van der Waals surface area contributed by atoms with Crippen LogP contribution >= 0.6 is 35.0 Å². The smallest absolute Gasteiger partial charge is 0.297 e. The predicted octanol–water partition coefficient (Wildman–Crippen LogP) is 10.6. The number of pyridine rings is 1. The van der Waals surface area contributed by atoms with Crippen molar-refractivity contribution in [3.05, 3.63) is 88.4 Å². The van der Waals surface area contributed by atoms with Crippen molar-refractivity contribution in [2.75, 3.05) is 12.4 Å². The average molecular weight is 1090 g/mol. The number of para-hydroxylation sites is 2. The van der Waals surface area contributed by atoms with Crippen LogP contribution in [0.4, 0.5) is 33.6 Å². The molecule has 8 aromatic rings. The quantitative estimate of drug-likeness (QED) is 0.0131. The monoisotopic (exact) mass is 1080 g/mol. The molecule has 0 aliphatic heterocycles. The number of nitrogens with zero attached hydrogens (tertiary/aromatic N) is 10. The molecule has 0 bridgehead atoms. The van der Waals surface area contributed by atoms with Crippen LogP contribution in [0.25, 0.3) is 37.7 Å². The summed E-state index contributed by atoms with van der Waals surface area (Å²) in [4.78, 5) is 7.14. The van der Waals surface area contributed by atoms with E-state index < -0.39 is 68.9 Å². The van der Waals surface area contributed by atoms with E-state index in [2.05, 4.69) is 50.0 Å². The predicted molar refractivity (Wildman–Crippen MR) is 255 cm³/mol. The molecule has 0 spiro atoms. The van der Waals surface area contributed by atoms with E-state index in [4.69, 9.17) is 21.6 Å². The molecular formula is C40H29ClN10O15S5. The first-order chi connectivity index (χ1) is 33.6. The van der Waals surface area contributed by atoms with Gasteiger partial charge in [0.2, 0.25) is 11.0 Å². The number of imidazole rings is 1. The van der Waals surface area contributed by atoms with E-state index in [-0.39, 0.29) is 101 Å². The number of hydrogen-bond acceptors (Lipinski definition) is 23. The second-order valence-corrected chi connectivity index (χ2v) is 21.2. The number of nitriles is 1. The summed E-state index contributed by atoms with van der Waals surface area (Å²) in [6.45, 7) is 2.73. The normalized spacial score (nSPS) is 12.8. The molecule has 3 heterocycles. The van der Waals surface area contributed by atoms with Crippen LogP contribution in [-0.2, 0) is 39.7 Å². The number of ether oxygens (including phenoxy) is 1. The molecular weight excluding hydrogens is 1060 g/mol. The van der Waals surface area contributed by atoms with Crippen molar-refractivity contribution >= 4 is 137 Å². The molecule has 3 aromatic heterocycles. The fourth-order valence-corrected chi connectivity index (χ4v) is 11.0. The molecule has 0 amide bonds. The lowest BCUT2D eigenvalue weighted by atomic mass is 10.1. The average Bonchev–Trinajstić information content (AvgIpc) is 3.90. The van der Waals surface area contributed by atoms with Gasteiger partial charge >= 0.3 is 0 Å². The number of rotatable bonds is 16. The molecule has 0 atom stereocenters. The standard InChI is InChI=1S/C40H29ClN10O15S5/c1-18-12-27(30(64-10-5-11-69(55,56)57)16-26(18)45-50-40-44-25-9-8-23(41)37(36(25)67-40)71(61,62)63)46-49-34-31(68-66-65-54)13-20-14-32(70(58,59)60)28(15-21(20)35(34)52)47-48-33-19(2)22(17-42)38-43-24-6-3-4-7-29(24)51(38)39(33)53/h3-4,6-9,12-16,52-54H,5,10-11H2,1-2H3,(H,55,56,57)(H,58,59,60)(H,61,62,63). The van der Waals surface area contributed by atoms with E-state index in [9.17, 15) is 54.4 Å². The van der Waals surface area contributed by atoms with E-state index in [1.807, 2.05) is 6.07 Å². The van der Waals surface area contributed by atoms with Crippen molar-refractivity contribution in [1.29, 1.82) is 5.26 Å². The molecule has 0 radical (unpaired) electrons. The van der Waals surface area contributed by atoms with Gasteiger partial charge in [0.1, 0.15) is 44.2 Å². The highest BCUT2D eigenvalue weighted by molar-refractivity contribution is 7.94. The molecule has 0 aliphatic rings. The molecule has 6 N–H and O–H groups in total. The Bertz CT molecular complexity index is 4010. The van der Waals surface area contributed by atoms with Gasteiger partial charge in [-0.15, -0.1) is 35.0 Å². The van der Waals surface area contributed by atoms with Crippen LogP contribution in [-0.4, -0.2) is 81.1 Å². The minimum Gasteiger partial charge on any atom is -0.505 e. The summed E-state index contributed by atoms with van der Waals surface area (Å²) in [7, 11) is -14.2. The topological polar surface area (TPSA) is 380 Å². The van der Waals surface area contributed by atoms with Gasteiger partial charge < -0.3 is 14.9 Å². The first-order valence-electron chi connectivity index (χ1n) is 19.6. The van der Waals surface area contributed by atoms with Crippen LogP contribution in [0.2, 0.25) is 5.02 Å². The molecule has 5 aromatic carbocycles. The van der Waals surface area contributed by atoms with Gasteiger partial charge in [-0.2, -0.15) is 30.5 Å². The van der Waals surface area contributed by atoms with Crippen LogP contribution in [0.5, 0.6) is 17.4 Å². The first-order valence-corrected chi connectivity index (χ1v) is 26.0. The number of phenols is 1. The number of hydrogen-bond donors (Lipinski definition) is 6. The van der Waals surface area contributed by atoms with Crippen molar-refractivity contribution in [3.8, 4) is 23.4 Å². The molecule has 0 unspecified atom stereocenters. The number of aromatic nitrogens is 3. The Morgan fingerprint density at radius 1 is 0.831 bits per heavy atom. The Morgan fingerprint density at radius 2 is 1.55 bits per heavy atom. The van der Waals surface area contributed by atoms with Crippen LogP contribution in [0.3, 0.4) is 0 Å². The summed E-state index contributed by atoms with van der Waals surface area (Å²) in [5.41, 5.74) is 0.446. The zero-order valence-electron chi connectivity index (χ0n) is 35.7. The zero-order valence-corrected chi connectivity index (χ0v) is 40.6. The van der Waals surface area contributed by atoms with Crippen LogP contribution in [0.15, 0.2) is 112 Å². The van der Waals surface area contributed by atoms with Crippen LogP contribution in [0.1, 0.15) is 23.1 Å². The SMILES string of the molecule is Cc1cc(N=Nc2c(SOOO)cc3cc(S(=O)(=O)O)c(N=Nc4c(C)c(C#N)c5nc6ccccc6n5c4O)cc3c2O)c(OCCCS(=O)(=O)O)cc1N=Nc1nc2ccc(Cl)c(S(=O)(=O)O)c2s1. The van der Waals surface area contributed by atoms with Gasteiger partial charge in [-0.3, -0.25) is 18.1 Å². The van der Waals surface area contributed by atoms with Gasteiger partial charge in [0, 0.05) is 17.0 Å². The highest BCUT2D eigenvalue weighted by atomic mass is 35.5. The second kappa shape index (κ2) is 19.7. The molecule has 366 valence electrons. The summed E-state index contributed by atoms with van der Waals surface area (Å²) in [6, 6.07) is 17.3. The minimum absolute atomic E-state index is 0.0115. The number of thiazole rings is 1. The molecule has 25 nitrogen and oxygen atoms in total. The van der Waals surface area contributed by atoms with Gasteiger partial charge in [0.05, 0.1) is 61.3 Å². The van der Waals surface area contributed by atoms with Crippen molar-refractivity contribution in [2.24, 2.45) is 30.7 Å². The Balaban J connectivity index is 1.22. The lowest BCUT2D eigenvalue weighted by Gasteiger charge is -2.13. The van der Waals surface area contributed by atoms with Gasteiger partial charge in [-0.05, 0) is 79.7 Å². The van der Waals surface area contributed by atoms with E-state index >= 15 is 0 Å². The maximum Gasteiger partial charge on any atom is 0.297 e. The van der Waals surface area contributed by atoms with Gasteiger partial charge in [-0.1, -0.05) is 40.1 Å². The largest absolute Gasteiger partial charge is 0.505 e. The number of azo groups is 3. The summed E-state index contributed by atoms with van der Waals surface area (Å²) < 4.78 is 114. The van der Waals surface area contributed by atoms with Gasteiger partial charge in [0.25, 0.3) is 30.4 Å². The van der Waals surface area contributed by atoms with Crippen LogP contribution < -0.4 is 4.74 Å². The Kier molecular flexibility index (Phi) is 14.0. The third-order valence-electron chi connectivity index (χ3n) is 10.2. The summed E-state index contributed by atoms with van der Waals surface area (Å²) in [6.07, 6.45) is -0.200.